The number of nitrogens with zero attached hydrogens (tertiary/aromatic N) is 1. The van der Waals surface area contributed by atoms with E-state index in [1.165, 1.54) is 7.11 Å². The first-order valence-corrected chi connectivity index (χ1v) is 8.52. The fourth-order valence-corrected chi connectivity index (χ4v) is 2.36. The smallest absolute Gasteiger partial charge is 0.310 e. The van der Waals surface area contributed by atoms with Gasteiger partial charge in [0.25, 0.3) is 5.91 Å². The zero-order chi connectivity index (χ0) is 18.1. The number of hydrogen-bond donors (Lipinski definition) is 0. The minimum atomic E-state index is -0.348. The van der Waals surface area contributed by atoms with Crippen LogP contribution in [0.1, 0.15) is 50.9 Å². The Morgan fingerprint density at radius 2 is 1.75 bits per heavy atom. The van der Waals surface area contributed by atoms with Crippen molar-refractivity contribution in [2.45, 2.75) is 46.6 Å². The average molecular weight is 335 g/mol. The van der Waals surface area contributed by atoms with Gasteiger partial charge >= 0.3 is 5.97 Å². The summed E-state index contributed by atoms with van der Waals surface area (Å²) in [4.78, 5) is 26.1. The molecule has 5 heteroatoms. The summed E-state index contributed by atoms with van der Waals surface area (Å²) in [6.07, 6.45) is 1.97. The molecule has 24 heavy (non-hydrogen) atoms. The molecule has 0 heterocycles. The predicted octanol–water partition coefficient (Wildman–Crippen LogP) is 3.53. The van der Waals surface area contributed by atoms with Crippen molar-refractivity contribution in [3.8, 4) is 5.75 Å². The zero-order valence-corrected chi connectivity index (χ0v) is 15.4. The van der Waals surface area contributed by atoms with Gasteiger partial charge < -0.3 is 14.4 Å². The lowest BCUT2D eigenvalue weighted by atomic mass is 10.1. The number of carbonyl (C=O) groups is 2. The van der Waals surface area contributed by atoms with Crippen LogP contribution in [-0.2, 0) is 9.53 Å². The Labute approximate surface area is 144 Å². The van der Waals surface area contributed by atoms with E-state index in [0.29, 0.717) is 18.7 Å². The van der Waals surface area contributed by atoms with Crippen molar-refractivity contribution < 1.29 is 19.1 Å². The molecule has 1 amide bonds. The van der Waals surface area contributed by atoms with Gasteiger partial charge in [-0.2, -0.15) is 0 Å². The third-order valence-electron chi connectivity index (χ3n) is 3.64. The summed E-state index contributed by atoms with van der Waals surface area (Å²) in [5.74, 6) is 0.0178. The summed E-state index contributed by atoms with van der Waals surface area (Å²) in [7, 11) is 1.37. The monoisotopic (exact) mass is 335 g/mol. The Balaban J connectivity index is 2.84. The van der Waals surface area contributed by atoms with Crippen LogP contribution in [0.2, 0.25) is 0 Å². The zero-order valence-electron chi connectivity index (χ0n) is 15.4. The van der Waals surface area contributed by atoms with Gasteiger partial charge in [0.2, 0.25) is 0 Å². The number of rotatable bonds is 9. The van der Waals surface area contributed by atoms with Gasteiger partial charge in [0.1, 0.15) is 5.75 Å². The number of carbonyl (C=O) groups excluding carboxylic acids is 2. The quantitative estimate of drug-likeness (QED) is 0.648. The van der Waals surface area contributed by atoms with Crippen LogP contribution in [0.3, 0.4) is 0 Å². The molecule has 0 saturated heterocycles. The third-order valence-corrected chi connectivity index (χ3v) is 3.64. The molecule has 0 aromatic heterocycles. The van der Waals surface area contributed by atoms with Gasteiger partial charge in [0.05, 0.1) is 19.1 Å². The van der Waals surface area contributed by atoms with Gasteiger partial charge in [-0.05, 0) is 44.5 Å². The van der Waals surface area contributed by atoms with Crippen LogP contribution >= 0.6 is 0 Å². The van der Waals surface area contributed by atoms with Crippen LogP contribution in [0.25, 0.3) is 0 Å². The first-order chi connectivity index (χ1) is 11.4. The second-order valence-electron chi connectivity index (χ2n) is 6.22. The lowest BCUT2D eigenvalue weighted by Gasteiger charge is -2.25. The fourth-order valence-electron chi connectivity index (χ4n) is 2.36. The van der Waals surface area contributed by atoms with E-state index in [-0.39, 0.29) is 23.9 Å². The lowest BCUT2D eigenvalue weighted by molar-refractivity contribution is -0.145. The molecule has 1 atom stereocenters. The molecular weight excluding hydrogens is 306 g/mol. The Morgan fingerprint density at radius 3 is 2.25 bits per heavy atom. The van der Waals surface area contributed by atoms with Crippen LogP contribution < -0.4 is 4.74 Å². The second-order valence-corrected chi connectivity index (χ2v) is 6.22. The molecule has 0 N–H and O–H groups in total. The Morgan fingerprint density at radius 1 is 1.12 bits per heavy atom. The van der Waals surface area contributed by atoms with Crippen molar-refractivity contribution in [1.29, 1.82) is 0 Å². The highest BCUT2D eigenvalue weighted by atomic mass is 16.5. The number of benzene rings is 1. The normalized spacial score (nSPS) is 11.9. The largest absolute Gasteiger partial charge is 0.491 e. The molecule has 5 nitrogen and oxygen atoms in total. The maximum Gasteiger partial charge on any atom is 0.310 e. The Bertz CT molecular complexity index is 525. The highest BCUT2D eigenvalue weighted by molar-refractivity contribution is 5.94. The van der Waals surface area contributed by atoms with Crippen LogP contribution in [0.4, 0.5) is 0 Å². The van der Waals surface area contributed by atoms with Crippen LogP contribution in [0, 0.1) is 5.92 Å². The number of esters is 1. The van der Waals surface area contributed by atoms with E-state index in [9.17, 15) is 9.59 Å². The summed E-state index contributed by atoms with van der Waals surface area (Å²) in [6.45, 7) is 8.75. The molecule has 0 spiro atoms. The van der Waals surface area contributed by atoms with E-state index in [2.05, 4.69) is 6.92 Å². The summed E-state index contributed by atoms with van der Waals surface area (Å²) in [5.41, 5.74) is 0.597. The van der Waals surface area contributed by atoms with Gasteiger partial charge in [-0.15, -0.1) is 0 Å². The minimum Gasteiger partial charge on any atom is -0.491 e. The Kier molecular flexibility index (Phi) is 8.30. The number of ether oxygens (including phenoxy) is 2. The molecule has 1 unspecified atom stereocenters. The lowest BCUT2D eigenvalue weighted by Crippen LogP contribution is -2.38. The van der Waals surface area contributed by atoms with Gasteiger partial charge in [0, 0.05) is 18.7 Å². The van der Waals surface area contributed by atoms with Crippen molar-refractivity contribution in [3.63, 3.8) is 0 Å². The molecular formula is C19H29NO4. The van der Waals surface area contributed by atoms with Gasteiger partial charge in [-0.3, -0.25) is 9.59 Å². The van der Waals surface area contributed by atoms with Gasteiger partial charge in [-0.25, -0.2) is 0 Å². The first kappa shape index (κ1) is 20.0. The SMILES string of the molecule is CCCCN(CC(C)C(=O)OC)C(=O)c1ccc(OC(C)C)cc1. The van der Waals surface area contributed by atoms with Crippen molar-refractivity contribution >= 4 is 11.9 Å². The fraction of sp³-hybridized carbons (Fsp3) is 0.579. The van der Waals surface area contributed by atoms with Crippen molar-refractivity contribution in [1.82, 2.24) is 4.90 Å². The molecule has 0 fully saturated rings. The second kappa shape index (κ2) is 9.96. The van der Waals surface area contributed by atoms with E-state index in [1.807, 2.05) is 13.8 Å². The molecule has 134 valence electrons. The molecule has 0 aliphatic carbocycles. The molecule has 0 radical (unpaired) electrons. The number of amides is 1. The van der Waals surface area contributed by atoms with E-state index >= 15 is 0 Å². The highest BCUT2D eigenvalue weighted by Gasteiger charge is 2.22. The van der Waals surface area contributed by atoms with E-state index in [4.69, 9.17) is 9.47 Å². The molecule has 0 aliphatic heterocycles. The average Bonchev–Trinajstić information content (AvgIpc) is 2.57. The van der Waals surface area contributed by atoms with Crippen LogP contribution in [-0.4, -0.2) is 43.1 Å². The maximum absolute atomic E-state index is 12.8. The van der Waals surface area contributed by atoms with Crippen molar-refractivity contribution in [2.75, 3.05) is 20.2 Å². The summed E-state index contributed by atoms with van der Waals surface area (Å²) in [6, 6.07) is 7.13. The third kappa shape index (κ3) is 6.22. The van der Waals surface area contributed by atoms with Crippen molar-refractivity contribution in [2.24, 2.45) is 5.92 Å². The molecule has 1 aromatic carbocycles. The van der Waals surface area contributed by atoms with Gasteiger partial charge in [-0.1, -0.05) is 20.3 Å². The minimum absolute atomic E-state index is 0.0738. The summed E-state index contributed by atoms with van der Waals surface area (Å²) >= 11 is 0. The molecule has 0 aliphatic rings. The van der Waals surface area contributed by atoms with Crippen molar-refractivity contribution in [3.05, 3.63) is 29.8 Å². The standard InChI is InChI=1S/C19H29NO4/c1-6-7-12-20(13-15(4)19(22)23-5)18(21)16-8-10-17(11-9-16)24-14(2)3/h8-11,14-15H,6-7,12-13H2,1-5H3. The molecule has 1 rings (SSSR count). The van der Waals surface area contributed by atoms with E-state index in [0.717, 1.165) is 18.6 Å². The number of unbranched alkanes of at least 4 members (excludes halogenated alkanes) is 1. The number of methoxy groups -OCH3 is 1. The van der Waals surface area contributed by atoms with Crippen LogP contribution in [0.5, 0.6) is 5.75 Å². The summed E-state index contributed by atoms with van der Waals surface area (Å²) in [5, 5.41) is 0. The highest BCUT2D eigenvalue weighted by Crippen LogP contribution is 2.16. The summed E-state index contributed by atoms with van der Waals surface area (Å²) < 4.78 is 10.4. The molecule has 0 bridgehead atoms. The van der Waals surface area contributed by atoms with E-state index < -0.39 is 0 Å². The number of hydrogen-bond acceptors (Lipinski definition) is 4. The Hall–Kier alpha value is -2.04. The predicted molar refractivity (Wildman–Crippen MR) is 94.2 cm³/mol. The molecule has 0 saturated carbocycles. The topological polar surface area (TPSA) is 55.8 Å². The maximum atomic E-state index is 12.8. The first-order valence-electron chi connectivity index (χ1n) is 8.52. The molecule has 1 aromatic rings. The van der Waals surface area contributed by atoms with E-state index in [1.54, 1.807) is 36.1 Å². The van der Waals surface area contributed by atoms with Gasteiger partial charge in [0.15, 0.2) is 0 Å². The van der Waals surface area contributed by atoms with Crippen LogP contribution in [0.15, 0.2) is 24.3 Å².